The predicted octanol–water partition coefficient (Wildman–Crippen LogP) is 2.42. The molecule has 1 heterocycles. The highest BCUT2D eigenvalue weighted by Crippen LogP contribution is 2.28. The number of fused-ring (bicyclic) bond motifs is 1. The van der Waals surface area contributed by atoms with Crippen molar-refractivity contribution in [3.05, 3.63) is 0 Å². The first kappa shape index (κ1) is 15.2. The molecule has 0 spiro atoms. The molecule has 0 aromatic carbocycles. The molecule has 0 radical (unpaired) electrons. The predicted molar refractivity (Wildman–Crippen MR) is 75.2 cm³/mol. The quantitative estimate of drug-likeness (QED) is 0.665. The van der Waals surface area contributed by atoms with Crippen LogP contribution in [-0.2, 0) is 14.2 Å². The zero-order valence-electron chi connectivity index (χ0n) is 12.5. The van der Waals surface area contributed by atoms with E-state index in [4.69, 9.17) is 14.2 Å². The second-order valence-corrected chi connectivity index (χ2v) is 5.43. The number of rotatable bonds is 7. The molecule has 1 aliphatic carbocycles. The van der Waals surface area contributed by atoms with E-state index in [1.165, 1.54) is 25.7 Å². The number of ether oxygens (including phenoxy) is 3. The van der Waals surface area contributed by atoms with Gasteiger partial charge in [0.15, 0.2) is 6.29 Å². The van der Waals surface area contributed by atoms with E-state index in [2.05, 4.69) is 4.90 Å². The Kier molecular flexibility index (Phi) is 6.57. The normalized spacial score (nSPS) is 28.6. The Bertz CT molecular complexity index is 242. The van der Waals surface area contributed by atoms with Crippen LogP contribution < -0.4 is 0 Å². The van der Waals surface area contributed by atoms with Crippen LogP contribution in [0.2, 0.25) is 0 Å². The van der Waals surface area contributed by atoms with E-state index >= 15 is 0 Å². The van der Waals surface area contributed by atoms with Crippen molar-refractivity contribution >= 4 is 0 Å². The third kappa shape index (κ3) is 4.42. The summed E-state index contributed by atoms with van der Waals surface area (Å²) in [6.45, 7) is 8.51. The third-order valence-electron chi connectivity index (χ3n) is 4.20. The molecule has 2 atom stereocenters. The first-order valence-corrected chi connectivity index (χ1v) is 7.94. The molecule has 2 aliphatic rings. The Morgan fingerprint density at radius 1 is 1.16 bits per heavy atom. The molecule has 1 saturated carbocycles. The molecule has 2 fully saturated rings. The zero-order valence-corrected chi connectivity index (χ0v) is 12.5. The van der Waals surface area contributed by atoms with Gasteiger partial charge in [-0.2, -0.15) is 0 Å². The molecule has 0 aromatic rings. The fourth-order valence-electron chi connectivity index (χ4n) is 3.31. The Morgan fingerprint density at radius 2 is 1.89 bits per heavy atom. The van der Waals surface area contributed by atoms with Crippen LogP contribution in [0.3, 0.4) is 0 Å². The van der Waals surface area contributed by atoms with Crippen LogP contribution in [0.25, 0.3) is 0 Å². The summed E-state index contributed by atoms with van der Waals surface area (Å²) in [6, 6.07) is 0.631. The molecule has 19 heavy (non-hydrogen) atoms. The topological polar surface area (TPSA) is 30.9 Å². The average molecular weight is 271 g/mol. The first-order chi connectivity index (χ1) is 9.35. The fourth-order valence-corrected chi connectivity index (χ4v) is 3.31. The van der Waals surface area contributed by atoms with Gasteiger partial charge in [-0.15, -0.1) is 0 Å². The van der Waals surface area contributed by atoms with Gasteiger partial charge in [-0.25, -0.2) is 0 Å². The highest BCUT2D eigenvalue weighted by Gasteiger charge is 2.34. The Hall–Kier alpha value is -0.160. The summed E-state index contributed by atoms with van der Waals surface area (Å²) in [4.78, 5) is 2.60. The SMILES string of the molecule is CCOC(CCN1CCOC2CCCCC21)OCC. The van der Waals surface area contributed by atoms with Crippen molar-refractivity contribution in [1.82, 2.24) is 4.90 Å². The summed E-state index contributed by atoms with van der Waals surface area (Å²) in [6.07, 6.45) is 6.60. The maximum Gasteiger partial charge on any atom is 0.158 e. The average Bonchev–Trinajstić information content (AvgIpc) is 2.45. The minimum Gasteiger partial charge on any atom is -0.375 e. The Balaban J connectivity index is 1.79. The van der Waals surface area contributed by atoms with Gasteiger partial charge < -0.3 is 14.2 Å². The van der Waals surface area contributed by atoms with Crippen LogP contribution >= 0.6 is 0 Å². The number of hydrogen-bond acceptors (Lipinski definition) is 4. The van der Waals surface area contributed by atoms with E-state index in [0.29, 0.717) is 12.1 Å². The molecule has 2 unspecified atom stereocenters. The standard InChI is InChI=1S/C15H29NO3/c1-3-17-15(18-4-2)9-10-16-11-12-19-14-8-6-5-7-13(14)16/h13-15H,3-12H2,1-2H3. The molecular formula is C15H29NO3. The van der Waals surface area contributed by atoms with Gasteiger partial charge in [0.25, 0.3) is 0 Å². The molecular weight excluding hydrogens is 242 g/mol. The summed E-state index contributed by atoms with van der Waals surface area (Å²) in [5, 5.41) is 0. The van der Waals surface area contributed by atoms with E-state index in [1.54, 1.807) is 0 Å². The lowest BCUT2D eigenvalue weighted by Crippen LogP contribution is -2.53. The summed E-state index contributed by atoms with van der Waals surface area (Å²) in [5.74, 6) is 0. The lowest BCUT2D eigenvalue weighted by Gasteiger charge is -2.44. The largest absolute Gasteiger partial charge is 0.375 e. The van der Waals surface area contributed by atoms with E-state index in [-0.39, 0.29) is 6.29 Å². The minimum absolute atomic E-state index is 0.0418. The monoisotopic (exact) mass is 271 g/mol. The smallest absolute Gasteiger partial charge is 0.158 e. The molecule has 112 valence electrons. The molecule has 0 amide bonds. The van der Waals surface area contributed by atoms with Crippen molar-refractivity contribution in [2.75, 3.05) is 32.9 Å². The fraction of sp³-hybridized carbons (Fsp3) is 1.00. The molecule has 4 heteroatoms. The van der Waals surface area contributed by atoms with E-state index < -0.39 is 0 Å². The van der Waals surface area contributed by atoms with Gasteiger partial charge in [0.1, 0.15) is 0 Å². The van der Waals surface area contributed by atoms with Gasteiger partial charge >= 0.3 is 0 Å². The Morgan fingerprint density at radius 3 is 2.63 bits per heavy atom. The first-order valence-electron chi connectivity index (χ1n) is 7.94. The third-order valence-corrected chi connectivity index (χ3v) is 4.20. The van der Waals surface area contributed by atoms with Gasteiger partial charge in [-0.05, 0) is 26.7 Å². The van der Waals surface area contributed by atoms with E-state index in [0.717, 1.165) is 39.3 Å². The van der Waals surface area contributed by atoms with Crippen LogP contribution in [0.15, 0.2) is 0 Å². The van der Waals surface area contributed by atoms with E-state index in [9.17, 15) is 0 Å². The van der Waals surface area contributed by atoms with Gasteiger partial charge in [0, 0.05) is 38.8 Å². The van der Waals surface area contributed by atoms with Crippen molar-refractivity contribution in [3.63, 3.8) is 0 Å². The number of hydrogen-bond donors (Lipinski definition) is 0. The van der Waals surface area contributed by atoms with Crippen LogP contribution in [0.5, 0.6) is 0 Å². The maximum absolute atomic E-state index is 5.91. The maximum atomic E-state index is 5.91. The molecule has 0 bridgehead atoms. The highest BCUT2D eigenvalue weighted by atomic mass is 16.7. The second-order valence-electron chi connectivity index (χ2n) is 5.43. The highest BCUT2D eigenvalue weighted by molar-refractivity contribution is 4.87. The van der Waals surface area contributed by atoms with Crippen LogP contribution in [-0.4, -0.2) is 56.2 Å². The van der Waals surface area contributed by atoms with Crippen LogP contribution in [0.4, 0.5) is 0 Å². The van der Waals surface area contributed by atoms with Crippen molar-refractivity contribution in [2.24, 2.45) is 0 Å². The molecule has 4 nitrogen and oxygen atoms in total. The summed E-state index contributed by atoms with van der Waals surface area (Å²) in [5.41, 5.74) is 0. The summed E-state index contributed by atoms with van der Waals surface area (Å²) >= 11 is 0. The van der Waals surface area contributed by atoms with Gasteiger partial charge in [0.05, 0.1) is 12.7 Å². The van der Waals surface area contributed by atoms with Gasteiger partial charge in [-0.3, -0.25) is 4.90 Å². The van der Waals surface area contributed by atoms with Crippen molar-refractivity contribution in [3.8, 4) is 0 Å². The summed E-state index contributed by atoms with van der Waals surface area (Å²) < 4.78 is 17.2. The number of morpholine rings is 1. The number of nitrogens with zero attached hydrogens (tertiary/aromatic N) is 1. The lowest BCUT2D eigenvalue weighted by molar-refractivity contribution is -0.149. The van der Waals surface area contributed by atoms with Gasteiger partial charge in [0.2, 0.25) is 0 Å². The molecule has 1 saturated heterocycles. The molecule has 1 aliphatic heterocycles. The summed E-state index contributed by atoms with van der Waals surface area (Å²) in [7, 11) is 0. The minimum atomic E-state index is -0.0418. The van der Waals surface area contributed by atoms with Crippen molar-refractivity contribution in [2.45, 2.75) is 64.4 Å². The molecule has 0 N–H and O–H groups in total. The lowest BCUT2D eigenvalue weighted by atomic mass is 9.90. The molecule has 2 rings (SSSR count). The van der Waals surface area contributed by atoms with Gasteiger partial charge in [-0.1, -0.05) is 12.8 Å². The zero-order chi connectivity index (χ0) is 13.5. The Labute approximate surface area is 117 Å². The van der Waals surface area contributed by atoms with Crippen LogP contribution in [0, 0.1) is 0 Å². The van der Waals surface area contributed by atoms with E-state index in [1.807, 2.05) is 13.8 Å². The van der Waals surface area contributed by atoms with Crippen LogP contribution in [0.1, 0.15) is 46.0 Å². The molecule has 0 aromatic heterocycles. The van der Waals surface area contributed by atoms with Crippen molar-refractivity contribution in [1.29, 1.82) is 0 Å². The second kappa shape index (κ2) is 8.20. The van der Waals surface area contributed by atoms with Crippen molar-refractivity contribution < 1.29 is 14.2 Å².